The normalized spacial score (nSPS) is 3.00. The fraction of sp³-hybridized carbons (Fsp3) is 1.00. The van der Waals surface area contributed by atoms with Gasteiger partial charge < -0.3 is 0 Å². The summed E-state index contributed by atoms with van der Waals surface area (Å²) in [6, 6.07) is 0. The Balaban J connectivity index is -0.00000000900. The van der Waals surface area contributed by atoms with Gasteiger partial charge in [-0.05, 0) is 35.0 Å². The maximum Gasteiger partial charge on any atom is -0.00848 e. The highest BCUT2D eigenvalue weighted by Gasteiger charge is 0.958. The molecule has 0 radical (unpaired) electrons. The van der Waals surface area contributed by atoms with Crippen molar-refractivity contribution in [3.63, 3.8) is 0 Å². The van der Waals surface area contributed by atoms with E-state index in [1.807, 2.05) is 35.0 Å². The van der Waals surface area contributed by atoms with Crippen molar-refractivity contribution in [2.45, 2.75) is 0 Å². The Bertz CT molecular complexity index is 12.0. The second-order valence-electron chi connectivity index (χ2n) is 0. The molecule has 6 heteroatoms. The van der Waals surface area contributed by atoms with Gasteiger partial charge in [0.15, 0.2) is 0 Å². The maximum atomic E-state index is 2.94. The van der Waals surface area contributed by atoms with Crippen LogP contribution in [0, 0.1) is 0 Å². The first-order valence-electron chi connectivity index (χ1n) is 2.27. The smallest absolute Gasteiger partial charge is 0.00848 e. The predicted molar refractivity (Wildman–Crippen MR) is 89.1 cm³/mol. The summed E-state index contributed by atoms with van der Waals surface area (Å²) in [6.07, 6.45) is 0. The fourth-order valence-corrected chi connectivity index (χ4v) is 0. The molecule has 0 bridgehead atoms. The van der Waals surface area contributed by atoms with E-state index in [1.54, 1.807) is 0 Å². The molecule has 0 aliphatic heterocycles. The Kier molecular flexibility index (Phi) is 841. The van der Waals surface area contributed by atoms with Gasteiger partial charge in [-0.2, -0.15) is 0 Å². The molecule has 0 rings (SSSR count). The van der Waals surface area contributed by atoms with E-state index >= 15 is 0 Å². The van der Waals surface area contributed by atoms with Crippen LogP contribution in [0.5, 0.6) is 0 Å². The highest BCUT2D eigenvalue weighted by Crippen LogP contribution is 1.46. The monoisotopic (exact) mass is 564 g/mol. The van der Waals surface area contributed by atoms with Crippen molar-refractivity contribution in [1.29, 1.82) is 0 Å². The Morgan fingerprint density at radius 3 is 0.250 bits per heavy atom. The van der Waals surface area contributed by atoms with Gasteiger partial charge in [-0.1, -0.05) is 95.6 Å². The molecule has 0 aromatic heterocycles. The van der Waals surface area contributed by atoms with Gasteiger partial charge in [0, 0.05) is 0 Å². The molecule has 12 heavy (non-hydrogen) atoms. The van der Waals surface area contributed by atoms with Crippen LogP contribution in [0.15, 0.2) is 0 Å². The third-order valence-corrected chi connectivity index (χ3v) is 0. The minimum Gasteiger partial charge on any atom is -0.0966 e. The van der Waals surface area contributed by atoms with Crippen molar-refractivity contribution < 1.29 is 0 Å². The van der Waals surface area contributed by atoms with Crippen LogP contribution in [0.2, 0.25) is 0 Å². The van der Waals surface area contributed by atoms with E-state index < -0.39 is 0 Å². The van der Waals surface area contributed by atoms with Crippen LogP contribution in [0.3, 0.4) is 0 Å². The molecule has 0 aromatic carbocycles. The fourth-order valence-electron chi connectivity index (χ4n) is 0. The summed E-state index contributed by atoms with van der Waals surface area (Å²) in [6.45, 7) is 0. The Labute approximate surface area is 129 Å². The predicted octanol–water partition coefficient (Wildman–Crippen LogP) is 6.07. The first-order chi connectivity index (χ1) is 6.00. The first-order valence-corrected chi connectivity index (χ1v) is 11.8. The molecule has 0 aliphatic rings. The highest BCUT2D eigenvalue weighted by molar-refractivity contribution is 9.09. The van der Waals surface area contributed by atoms with Crippen molar-refractivity contribution in [3.8, 4) is 0 Å². The molecule has 0 atom stereocenters. The van der Waals surface area contributed by atoms with Crippen molar-refractivity contribution in [2.24, 2.45) is 0 Å². The van der Waals surface area contributed by atoms with E-state index in [-0.39, 0.29) is 0 Å². The summed E-state index contributed by atoms with van der Waals surface area (Å²) in [5.41, 5.74) is 0. The minimum absolute atomic E-state index is 1.81. The van der Waals surface area contributed by atoms with E-state index in [1.165, 1.54) is 0 Å². The van der Waals surface area contributed by atoms with Gasteiger partial charge in [0.2, 0.25) is 0 Å². The van der Waals surface area contributed by atoms with E-state index in [0.717, 1.165) is 0 Å². The zero-order valence-electron chi connectivity index (χ0n) is 8.27. The summed E-state index contributed by atoms with van der Waals surface area (Å²) in [7, 11) is 0. The second kappa shape index (κ2) is 278. The Morgan fingerprint density at radius 1 is 0.250 bits per heavy atom. The highest BCUT2D eigenvalue weighted by atomic mass is 79.9. The molecule has 0 amide bonds. The third kappa shape index (κ3) is 219. The lowest BCUT2D eigenvalue weighted by Gasteiger charge is -1.05. The van der Waals surface area contributed by atoms with Crippen molar-refractivity contribution >= 4 is 95.6 Å². The van der Waals surface area contributed by atoms with E-state index in [4.69, 9.17) is 0 Å². The maximum absolute atomic E-state index is 2.94. The van der Waals surface area contributed by atoms with Crippen molar-refractivity contribution in [2.75, 3.05) is 35.0 Å². The summed E-state index contributed by atoms with van der Waals surface area (Å²) in [5, 5.41) is 0. The van der Waals surface area contributed by atoms with E-state index in [9.17, 15) is 0 Å². The van der Waals surface area contributed by atoms with Crippen LogP contribution < -0.4 is 0 Å². The zero-order chi connectivity index (χ0) is 12.0. The largest absolute Gasteiger partial charge is 0.0966 e. The number of hydrogen-bond acceptors (Lipinski definition) is 0. The second-order valence-corrected chi connectivity index (χ2v) is 0. The molecule has 0 nitrogen and oxygen atoms in total. The lowest BCUT2D eigenvalue weighted by molar-refractivity contribution is 2.59. The molecule has 0 saturated heterocycles. The SMILES string of the molecule is CBr.CBr.CBr.CBr.CBr.CBr. The molecule has 0 spiro atoms. The third-order valence-electron chi connectivity index (χ3n) is 0. The van der Waals surface area contributed by atoms with Crippen LogP contribution in [-0.4, -0.2) is 35.0 Å². The molecule has 0 aromatic rings. The Morgan fingerprint density at radius 2 is 0.250 bits per heavy atom. The molecule has 0 saturated carbocycles. The summed E-state index contributed by atoms with van der Waals surface area (Å²) >= 11 is 17.6. The van der Waals surface area contributed by atoms with Gasteiger partial charge in [0.25, 0.3) is 0 Å². The molecule has 0 N–H and O–H groups in total. The first kappa shape index (κ1) is 36.4. The summed E-state index contributed by atoms with van der Waals surface area (Å²) < 4.78 is 0. The van der Waals surface area contributed by atoms with Crippen molar-refractivity contribution in [3.05, 3.63) is 0 Å². The average Bonchev–Trinajstić information content (AvgIpc) is 2.33. The standard InChI is InChI=1S/6CH3Br/c6*1-2/h6*1H3. The number of rotatable bonds is 0. The van der Waals surface area contributed by atoms with Crippen LogP contribution in [0.1, 0.15) is 0 Å². The van der Waals surface area contributed by atoms with Gasteiger partial charge in [-0.15, -0.1) is 0 Å². The lowest BCUT2D eigenvalue weighted by atomic mass is 12.0. The van der Waals surface area contributed by atoms with Crippen LogP contribution in [-0.2, 0) is 0 Å². The quantitative estimate of drug-likeness (QED) is 0.311. The number of hydrogen-bond donors (Lipinski definition) is 0. The van der Waals surface area contributed by atoms with Crippen LogP contribution >= 0.6 is 95.6 Å². The molecule has 0 fully saturated rings. The van der Waals surface area contributed by atoms with Gasteiger partial charge in [0.1, 0.15) is 0 Å². The molecule has 84 valence electrons. The van der Waals surface area contributed by atoms with Gasteiger partial charge in [-0.25, -0.2) is 0 Å². The molecule has 0 unspecified atom stereocenters. The molecule has 0 aliphatic carbocycles. The summed E-state index contributed by atoms with van der Waals surface area (Å²) in [4.78, 5) is 0. The van der Waals surface area contributed by atoms with E-state index in [0.29, 0.717) is 0 Å². The summed E-state index contributed by atoms with van der Waals surface area (Å²) in [5.74, 6) is 10.9. The zero-order valence-corrected chi connectivity index (χ0v) is 17.8. The number of alkyl halides is 6. The topological polar surface area (TPSA) is 0 Å². The van der Waals surface area contributed by atoms with Gasteiger partial charge in [-0.3, -0.25) is 0 Å². The van der Waals surface area contributed by atoms with Crippen molar-refractivity contribution in [1.82, 2.24) is 0 Å². The van der Waals surface area contributed by atoms with Crippen LogP contribution in [0.4, 0.5) is 0 Å². The van der Waals surface area contributed by atoms with Crippen LogP contribution in [0.25, 0.3) is 0 Å². The van der Waals surface area contributed by atoms with E-state index in [2.05, 4.69) is 95.6 Å². The molecular formula is C6H18Br6. The molecular weight excluding hydrogens is 551 g/mol. The minimum atomic E-state index is 1.81. The molecule has 0 heterocycles. The average molecular weight is 570 g/mol. The Hall–Kier alpha value is 2.88. The lowest BCUT2D eigenvalue weighted by Crippen LogP contribution is -0.808. The van der Waals surface area contributed by atoms with Gasteiger partial charge in [0.05, 0.1) is 0 Å². The number of halogens is 6. The van der Waals surface area contributed by atoms with Gasteiger partial charge >= 0.3 is 0 Å².